The van der Waals surface area contributed by atoms with Crippen LogP contribution in [0.5, 0.6) is 0 Å². The van der Waals surface area contributed by atoms with E-state index >= 15 is 0 Å². The van der Waals surface area contributed by atoms with Crippen LogP contribution in [-0.2, 0) is 18.1 Å². The lowest BCUT2D eigenvalue weighted by Gasteiger charge is -2.31. The van der Waals surface area contributed by atoms with Crippen LogP contribution in [0.25, 0.3) is 0 Å². The maximum absolute atomic E-state index is 11.4. The van der Waals surface area contributed by atoms with Crippen molar-refractivity contribution in [2.24, 2.45) is 0 Å². The van der Waals surface area contributed by atoms with Crippen LogP contribution in [0.3, 0.4) is 0 Å². The number of hydrogen-bond acceptors (Lipinski definition) is 5. The number of thioether (sulfide) groups is 1. The first-order valence-corrected chi connectivity index (χ1v) is 9.57. The van der Waals surface area contributed by atoms with Gasteiger partial charge >= 0.3 is 8.80 Å². The average Bonchev–Trinajstić information content (AvgIpc) is 2.40. The molecule has 1 atom stereocenters. The van der Waals surface area contributed by atoms with E-state index in [0.29, 0.717) is 0 Å². The summed E-state index contributed by atoms with van der Waals surface area (Å²) in [6.07, 6.45) is 6.91. The molecule has 0 saturated carbocycles. The summed E-state index contributed by atoms with van der Waals surface area (Å²) in [5, 5.41) is 0.0848. The van der Waals surface area contributed by atoms with Crippen molar-refractivity contribution in [2.75, 3.05) is 21.3 Å². The molecule has 0 aliphatic rings. The van der Waals surface area contributed by atoms with Gasteiger partial charge in [0.15, 0.2) is 5.12 Å². The molecule has 0 N–H and O–H groups in total. The van der Waals surface area contributed by atoms with E-state index in [2.05, 4.69) is 6.92 Å². The van der Waals surface area contributed by atoms with Crippen LogP contribution in [-0.4, -0.2) is 40.1 Å². The van der Waals surface area contributed by atoms with Crippen molar-refractivity contribution >= 4 is 25.7 Å². The number of rotatable bonds is 11. The molecule has 0 aliphatic carbocycles. The lowest BCUT2D eigenvalue weighted by atomic mass is 10.1. The molecule has 4 nitrogen and oxygen atoms in total. The van der Waals surface area contributed by atoms with Crippen LogP contribution in [0.15, 0.2) is 0 Å². The first-order chi connectivity index (χ1) is 9.06. The van der Waals surface area contributed by atoms with E-state index in [-0.39, 0.29) is 9.99 Å². The van der Waals surface area contributed by atoms with Gasteiger partial charge in [-0.2, -0.15) is 0 Å². The maximum Gasteiger partial charge on any atom is 0.514 e. The standard InChI is InChI=1S/C13H28O4SSi/c1-6-7-8-9-10-11-13(18-12(2)14)19(15-3,16-4)17-5/h13H,6-11H2,1-5H3. The van der Waals surface area contributed by atoms with Crippen LogP contribution >= 0.6 is 11.8 Å². The molecule has 0 radical (unpaired) electrons. The second-order valence-electron chi connectivity index (χ2n) is 4.52. The molecule has 0 aromatic carbocycles. The van der Waals surface area contributed by atoms with E-state index < -0.39 is 8.80 Å². The molecule has 0 rings (SSSR count). The lowest BCUT2D eigenvalue weighted by Crippen LogP contribution is -2.53. The third-order valence-electron chi connectivity index (χ3n) is 3.13. The molecule has 0 bridgehead atoms. The first kappa shape index (κ1) is 19.1. The van der Waals surface area contributed by atoms with Gasteiger partial charge in [0.1, 0.15) is 0 Å². The van der Waals surface area contributed by atoms with Crippen molar-refractivity contribution in [3.63, 3.8) is 0 Å². The molecular weight excluding hydrogens is 280 g/mol. The highest BCUT2D eigenvalue weighted by atomic mass is 32.2. The number of hydrogen-bond donors (Lipinski definition) is 0. The van der Waals surface area contributed by atoms with Crippen molar-refractivity contribution in [1.29, 1.82) is 0 Å². The molecule has 1 unspecified atom stereocenters. The molecule has 0 spiro atoms. The molecule has 0 amide bonds. The molecule has 0 aromatic heterocycles. The van der Waals surface area contributed by atoms with Gasteiger partial charge in [-0.25, -0.2) is 0 Å². The van der Waals surface area contributed by atoms with E-state index in [1.54, 1.807) is 28.3 Å². The van der Waals surface area contributed by atoms with Gasteiger partial charge < -0.3 is 13.3 Å². The fourth-order valence-corrected chi connectivity index (χ4v) is 6.56. The summed E-state index contributed by atoms with van der Waals surface area (Å²) in [5.41, 5.74) is 0. The molecule has 0 saturated heterocycles. The van der Waals surface area contributed by atoms with E-state index in [1.807, 2.05) is 0 Å². The molecule has 19 heavy (non-hydrogen) atoms. The Labute approximate surface area is 122 Å². The molecule has 6 heteroatoms. The fourth-order valence-electron chi connectivity index (χ4n) is 2.09. The number of carbonyl (C=O) groups is 1. The van der Waals surface area contributed by atoms with Gasteiger partial charge in [0.25, 0.3) is 0 Å². The minimum atomic E-state index is -2.74. The summed E-state index contributed by atoms with van der Waals surface area (Å²) in [4.78, 5) is 11.4. The Balaban J connectivity index is 4.47. The minimum Gasteiger partial charge on any atom is -0.376 e. The van der Waals surface area contributed by atoms with Crippen molar-refractivity contribution in [1.82, 2.24) is 0 Å². The number of carbonyl (C=O) groups excluding carboxylic acids is 1. The van der Waals surface area contributed by atoms with Gasteiger partial charge in [0.05, 0.1) is 4.87 Å². The van der Waals surface area contributed by atoms with Crippen molar-refractivity contribution < 1.29 is 18.1 Å². The first-order valence-electron chi connectivity index (χ1n) is 6.89. The average molecular weight is 309 g/mol. The Morgan fingerprint density at radius 3 is 2.00 bits per heavy atom. The molecule has 114 valence electrons. The molecular formula is C13H28O4SSi. The molecule has 0 aromatic rings. The summed E-state index contributed by atoms with van der Waals surface area (Å²) < 4.78 is 16.5. The highest BCUT2D eigenvalue weighted by molar-refractivity contribution is 8.15. The zero-order valence-corrected chi connectivity index (χ0v) is 14.7. The van der Waals surface area contributed by atoms with Crippen LogP contribution in [0.4, 0.5) is 0 Å². The zero-order valence-electron chi connectivity index (χ0n) is 12.9. The van der Waals surface area contributed by atoms with Gasteiger partial charge in [0.2, 0.25) is 0 Å². The van der Waals surface area contributed by atoms with Crippen LogP contribution < -0.4 is 0 Å². The normalized spacial score (nSPS) is 13.5. The largest absolute Gasteiger partial charge is 0.514 e. The maximum atomic E-state index is 11.4. The summed E-state index contributed by atoms with van der Waals surface area (Å²) >= 11 is 1.29. The molecule has 0 aliphatic heterocycles. The summed E-state index contributed by atoms with van der Waals surface area (Å²) in [7, 11) is 2.07. The van der Waals surface area contributed by atoms with Gasteiger partial charge in [0, 0.05) is 28.3 Å². The van der Waals surface area contributed by atoms with Gasteiger partial charge in [-0.3, -0.25) is 4.79 Å². The molecule has 0 heterocycles. The highest BCUT2D eigenvalue weighted by Crippen LogP contribution is 2.29. The molecule has 0 fully saturated rings. The smallest absolute Gasteiger partial charge is 0.376 e. The Morgan fingerprint density at radius 2 is 1.58 bits per heavy atom. The Kier molecular flexibility index (Phi) is 10.9. The summed E-state index contributed by atoms with van der Waals surface area (Å²) in [5.74, 6) is 0. The van der Waals surface area contributed by atoms with Crippen LogP contribution in [0.2, 0.25) is 0 Å². The summed E-state index contributed by atoms with van der Waals surface area (Å²) in [6, 6.07) is 0. The van der Waals surface area contributed by atoms with Crippen LogP contribution in [0, 0.1) is 0 Å². The Bertz CT molecular complexity index is 239. The Morgan fingerprint density at radius 1 is 1.05 bits per heavy atom. The van der Waals surface area contributed by atoms with E-state index in [9.17, 15) is 4.79 Å². The highest BCUT2D eigenvalue weighted by Gasteiger charge is 2.48. The van der Waals surface area contributed by atoms with E-state index in [0.717, 1.165) is 12.8 Å². The van der Waals surface area contributed by atoms with Crippen molar-refractivity contribution in [2.45, 2.75) is 57.2 Å². The SMILES string of the molecule is CCCCCCCC(SC(C)=O)[Si](OC)(OC)OC. The second-order valence-corrected chi connectivity index (χ2v) is 9.44. The van der Waals surface area contributed by atoms with Crippen molar-refractivity contribution in [3.05, 3.63) is 0 Å². The van der Waals surface area contributed by atoms with Gasteiger partial charge in [-0.05, 0) is 6.42 Å². The number of unbranched alkanes of at least 4 members (excludes halogenated alkanes) is 4. The lowest BCUT2D eigenvalue weighted by molar-refractivity contribution is -0.109. The second kappa shape index (κ2) is 10.9. The Hall–Kier alpha value is 0.117. The third kappa shape index (κ3) is 6.90. The van der Waals surface area contributed by atoms with E-state index in [4.69, 9.17) is 13.3 Å². The monoisotopic (exact) mass is 308 g/mol. The van der Waals surface area contributed by atoms with Gasteiger partial charge in [-0.1, -0.05) is 50.8 Å². The quantitative estimate of drug-likeness (QED) is 0.432. The zero-order chi connectivity index (χ0) is 14.7. The van der Waals surface area contributed by atoms with Crippen molar-refractivity contribution in [3.8, 4) is 0 Å². The fraction of sp³-hybridized carbons (Fsp3) is 0.923. The predicted molar refractivity (Wildman–Crippen MR) is 82.2 cm³/mol. The third-order valence-corrected chi connectivity index (χ3v) is 7.98. The minimum absolute atomic E-state index is 0.00775. The van der Waals surface area contributed by atoms with Gasteiger partial charge in [-0.15, -0.1) is 0 Å². The van der Waals surface area contributed by atoms with E-state index in [1.165, 1.54) is 37.4 Å². The summed E-state index contributed by atoms with van der Waals surface area (Å²) in [6.45, 7) is 3.78. The topological polar surface area (TPSA) is 44.8 Å². The van der Waals surface area contributed by atoms with Crippen LogP contribution in [0.1, 0.15) is 52.4 Å². The predicted octanol–water partition coefficient (Wildman–Crippen LogP) is 3.41.